The molecule has 0 atom stereocenters. The highest BCUT2D eigenvalue weighted by molar-refractivity contribution is 5.69. The predicted octanol–water partition coefficient (Wildman–Crippen LogP) is 5.09. The number of nitrogens with zero attached hydrogens (tertiary/aromatic N) is 1. The summed E-state index contributed by atoms with van der Waals surface area (Å²) < 4.78 is 9.41. The minimum atomic E-state index is -0.0894. The molecule has 0 aliphatic carbocycles. The third-order valence-electron chi connectivity index (χ3n) is 6.86. The lowest BCUT2D eigenvalue weighted by Crippen LogP contribution is -2.38. The third-order valence-corrected chi connectivity index (χ3v) is 6.86. The van der Waals surface area contributed by atoms with E-state index in [-0.39, 0.29) is 11.9 Å². The highest BCUT2D eigenvalue weighted by Gasteiger charge is 2.18. The number of rotatable bonds is 19. The largest absolute Gasteiger partial charge is 0.469 e. The zero-order valence-corrected chi connectivity index (χ0v) is 21.2. The molecule has 0 unspecified atom stereocenters. The second-order valence-electron chi connectivity index (χ2n) is 9.62. The molecule has 0 radical (unpaired) electrons. The van der Waals surface area contributed by atoms with Gasteiger partial charge in [0.05, 0.1) is 14.2 Å². The van der Waals surface area contributed by atoms with Crippen molar-refractivity contribution >= 4 is 11.9 Å². The summed E-state index contributed by atoms with van der Waals surface area (Å²) in [5, 5.41) is 3.91. The Bertz CT molecular complexity index is 448. The van der Waals surface area contributed by atoms with E-state index in [9.17, 15) is 9.59 Å². The molecule has 0 amide bonds. The average Bonchev–Trinajstić information content (AvgIpc) is 2.81. The van der Waals surface area contributed by atoms with Crippen LogP contribution < -0.4 is 5.32 Å². The molecule has 188 valence electrons. The summed E-state index contributed by atoms with van der Waals surface area (Å²) in [6.45, 7) is 3.62. The minimum absolute atomic E-state index is 0.0894. The van der Waals surface area contributed by atoms with Crippen molar-refractivity contribution in [2.45, 2.75) is 109 Å². The lowest BCUT2D eigenvalue weighted by atomic mass is 9.95. The van der Waals surface area contributed by atoms with Gasteiger partial charge >= 0.3 is 11.9 Å². The number of methoxy groups -OCH3 is 2. The van der Waals surface area contributed by atoms with Crippen LogP contribution in [-0.4, -0.2) is 63.8 Å². The molecule has 32 heavy (non-hydrogen) atoms. The Morgan fingerprint density at radius 1 is 0.781 bits per heavy atom. The van der Waals surface area contributed by atoms with E-state index < -0.39 is 0 Å². The topological polar surface area (TPSA) is 67.9 Å². The molecule has 1 fully saturated rings. The monoisotopic (exact) mass is 454 g/mol. The first-order valence-electron chi connectivity index (χ1n) is 13.1. The van der Waals surface area contributed by atoms with Crippen molar-refractivity contribution in [2.24, 2.45) is 5.92 Å². The Balaban J connectivity index is 2.19. The number of unbranched alkanes of at least 4 members (excludes halogenated alkanes) is 8. The van der Waals surface area contributed by atoms with Gasteiger partial charge in [-0.3, -0.25) is 9.59 Å². The van der Waals surface area contributed by atoms with E-state index in [0.717, 1.165) is 38.1 Å². The van der Waals surface area contributed by atoms with Crippen molar-refractivity contribution in [3.8, 4) is 0 Å². The van der Waals surface area contributed by atoms with Gasteiger partial charge in [0, 0.05) is 18.9 Å². The standard InChI is InChI=1S/C26H50N2O4/c1-28-20-18-23(19-21-28)22-27-24(14-10-6-4-8-12-16-25(29)31-2)15-11-7-5-9-13-17-26(30)32-3/h23-24,27H,4-22H2,1-3H3. The summed E-state index contributed by atoms with van der Waals surface area (Å²) in [4.78, 5) is 24.8. The van der Waals surface area contributed by atoms with Crippen molar-refractivity contribution in [1.82, 2.24) is 10.2 Å². The summed E-state index contributed by atoms with van der Waals surface area (Å²) in [6.07, 6.45) is 17.8. The first kappa shape index (κ1) is 28.9. The zero-order valence-electron chi connectivity index (χ0n) is 21.2. The Hall–Kier alpha value is -1.14. The lowest BCUT2D eigenvalue weighted by Gasteiger charge is -2.30. The van der Waals surface area contributed by atoms with Crippen molar-refractivity contribution in [3.63, 3.8) is 0 Å². The first-order chi connectivity index (χ1) is 15.5. The van der Waals surface area contributed by atoms with Crippen molar-refractivity contribution in [1.29, 1.82) is 0 Å². The van der Waals surface area contributed by atoms with Crippen LogP contribution in [0, 0.1) is 5.92 Å². The summed E-state index contributed by atoms with van der Waals surface area (Å²) in [7, 11) is 5.15. The van der Waals surface area contributed by atoms with Gasteiger partial charge in [-0.15, -0.1) is 0 Å². The Morgan fingerprint density at radius 3 is 1.69 bits per heavy atom. The SMILES string of the molecule is COC(=O)CCCCCCCC(CCCCCCCC(=O)OC)NCC1CCN(C)CC1. The molecule has 0 saturated carbocycles. The molecule has 0 aromatic carbocycles. The van der Waals surface area contributed by atoms with Crippen LogP contribution in [0.2, 0.25) is 0 Å². The van der Waals surface area contributed by atoms with Crippen LogP contribution in [0.3, 0.4) is 0 Å². The first-order valence-corrected chi connectivity index (χ1v) is 13.1. The van der Waals surface area contributed by atoms with Gasteiger partial charge < -0.3 is 19.7 Å². The number of carbonyl (C=O) groups excluding carboxylic acids is 2. The highest BCUT2D eigenvalue weighted by atomic mass is 16.5. The second-order valence-corrected chi connectivity index (χ2v) is 9.62. The quantitative estimate of drug-likeness (QED) is 0.216. The Labute approximate surface area is 197 Å². The van der Waals surface area contributed by atoms with E-state index in [0.29, 0.717) is 18.9 Å². The smallest absolute Gasteiger partial charge is 0.305 e. The maximum absolute atomic E-state index is 11.2. The molecule has 0 aromatic rings. The van der Waals surface area contributed by atoms with Crippen LogP contribution in [-0.2, 0) is 19.1 Å². The molecule has 1 heterocycles. The number of hydrogen-bond donors (Lipinski definition) is 1. The van der Waals surface area contributed by atoms with Crippen molar-refractivity contribution in [3.05, 3.63) is 0 Å². The van der Waals surface area contributed by atoms with Crippen LogP contribution in [0.25, 0.3) is 0 Å². The molecule has 0 spiro atoms. The zero-order chi connectivity index (χ0) is 23.4. The van der Waals surface area contributed by atoms with E-state index in [2.05, 4.69) is 17.3 Å². The fourth-order valence-corrected chi connectivity index (χ4v) is 4.53. The number of nitrogens with one attached hydrogen (secondary N) is 1. The molecule has 1 rings (SSSR count). The third kappa shape index (κ3) is 15.6. The maximum Gasteiger partial charge on any atom is 0.305 e. The number of ether oxygens (including phenoxy) is 2. The number of carbonyl (C=O) groups is 2. The molecule has 1 aliphatic heterocycles. The predicted molar refractivity (Wildman–Crippen MR) is 131 cm³/mol. The molecule has 6 heteroatoms. The molecule has 1 saturated heterocycles. The normalized spacial score (nSPS) is 15.2. The van der Waals surface area contributed by atoms with Gasteiger partial charge in [-0.1, -0.05) is 51.4 Å². The number of likely N-dealkylation sites (tertiary alicyclic amines) is 1. The Morgan fingerprint density at radius 2 is 1.22 bits per heavy atom. The highest BCUT2D eigenvalue weighted by Crippen LogP contribution is 2.18. The molecule has 0 aromatic heterocycles. The molecule has 6 nitrogen and oxygen atoms in total. The molecular weight excluding hydrogens is 404 g/mol. The van der Waals surface area contributed by atoms with E-state index >= 15 is 0 Å². The van der Waals surface area contributed by atoms with Gasteiger partial charge in [-0.2, -0.15) is 0 Å². The van der Waals surface area contributed by atoms with Crippen LogP contribution >= 0.6 is 0 Å². The van der Waals surface area contributed by atoms with Crippen molar-refractivity contribution in [2.75, 3.05) is 40.9 Å². The number of hydrogen-bond acceptors (Lipinski definition) is 6. The minimum Gasteiger partial charge on any atom is -0.469 e. The number of piperidine rings is 1. The van der Waals surface area contributed by atoms with E-state index in [4.69, 9.17) is 9.47 Å². The van der Waals surface area contributed by atoms with Crippen molar-refractivity contribution < 1.29 is 19.1 Å². The number of esters is 2. The van der Waals surface area contributed by atoms with Gasteiger partial charge in [0.15, 0.2) is 0 Å². The summed E-state index contributed by atoms with van der Waals surface area (Å²) in [5.74, 6) is 0.646. The molecule has 0 bridgehead atoms. The van der Waals surface area contributed by atoms with Crippen LogP contribution in [0.15, 0.2) is 0 Å². The van der Waals surface area contributed by atoms with E-state index in [1.165, 1.54) is 91.5 Å². The summed E-state index contributed by atoms with van der Waals surface area (Å²) in [6, 6.07) is 0.625. The molecule has 1 N–H and O–H groups in total. The fourth-order valence-electron chi connectivity index (χ4n) is 4.53. The van der Waals surface area contributed by atoms with E-state index in [1.54, 1.807) is 0 Å². The second kappa shape index (κ2) is 19.3. The average molecular weight is 455 g/mol. The van der Waals surface area contributed by atoms with Crippen LogP contribution in [0.4, 0.5) is 0 Å². The molecular formula is C26H50N2O4. The van der Waals surface area contributed by atoms with Crippen LogP contribution in [0.5, 0.6) is 0 Å². The van der Waals surface area contributed by atoms with Gasteiger partial charge in [0.1, 0.15) is 0 Å². The van der Waals surface area contributed by atoms with Gasteiger partial charge in [-0.25, -0.2) is 0 Å². The summed E-state index contributed by atoms with van der Waals surface area (Å²) in [5.41, 5.74) is 0. The van der Waals surface area contributed by atoms with Gasteiger partial charge in [0.2, 0.25) is 0 Å². The summed E-state index contributed by atoms with van der Waals surface area (Å²) >= 11 is 0. The van der Waals surface area contributed by atoms with Gasteiger partial charge in [0.25, 0.3) is 0 Å². The Kier molecular flexibility index (Phi) is 17.5. The fraction of sp³-hybridized carbons (Fsp3) is 0.923. The maximum atomic E-state index is 11.2. The van der Waals surface area contributed by atoms with Crippen LogP contribution in [0.1, 0.15) is 103 Å². The lowest BCUT2D eigenvalue weighted by molar-refractivity contribution is -0.141. The molecule has 1 aliphatic rings. The van der Waals surface area contributed by atoms with E-state index in [1.807, 2.05) is 0 Å². The van der Waals surface area contributed by atoms with Gasteiger partial charge in [-0.05, 0) is 71.1 Å².